The Bertz CT molecular complexity index is 909. The molecule has 0 saturated carbocycles. The lowest BCUT2D eigenvalue weighted by Gasteiger charge is -2.24. The Morgan fingerprint density at radius 3 is 2.52 bits per heavy atom. The van der Waals surface area contributed by atoms with E-state index in [-0.39, 0.29) is 5.88 Å². The SMILES string of the molecule is CCCCN(CCC)c1ccc(N=Cc2c(O)[nH]c3cccc(C)c23)cc1. The first-order chi connectivity index (χ1) is 13.1. The van der Waals surface area contributed by atoms with Crippen molar-refractivity contribution in [2.75, 3.05) is 18.0 Å². The molecule has 1 heterocycles. The van der Waals surface area contributed by atoms with E-state index in [1.165, 1.54) is 18.5 Å². The second-order valence-corrected chi connectivity index (χ2v) is 7.00. The van der Waals surface area contributed by atoms with Crippen molar-refractivity contribution in [3.63, 3.8) is 0 Å². The maximum atomic E-state index is 10.2. The number of aliphatic imine (C=N–C) groups is 1. The lowest BCUT2D eigenvalue weighted by atomic mass is 10.1. The van der Waals surface area contributed by atoms with Gasteiger partial charge in [0.05, 0.1) is 11.3 Å². The summed E-state index contributed by atoms with van der Waals surface area (Å²) in [5.41, 5.74) is 4.91. The van der Waals surface area contributed by atoms with E-state index < -0.39 is 0 Å². The molecule has 2 aromatic carbocycles. The van der Waals surface area contributed by atoms with Crippen LogP contribution in [0.1, 0.15) is 44.2 Å². The molecule has 1 aromatic heterocycles. The van der Waals surface area contributed by atoms with E-state index in [1.54, 1.807) is 6.21 Å². The van der Waals surface area contributed by atoms with Crippen LogP contribution in [-0.2, 0) is 0 Å². The van der Waals surface area contributed by atoms with Crippen molar-refractivity contribution in [3.8, 4) is 5.88 Å². The van der Waals surface area contributed by atoms with Gasteiger partial charge in [0.25, 0.3) is 0 Å². The molecular formula is C23H29N3O. The van der Waals surface area contributed by atoms with Crippen LogP contribution in [-0.4, -0.2) is 29.4 Å². The number of aryl methyl sites for hydroxylation is 1. The highest BCUT2D eigenvalue weighted by atomic mass is 16.3. The number of anilines is 1. The first-order valence-electron chi connectivity index (χ1n) is 9.83. The van der Waals surface area contributed by atoms with Gasteiger partial charge in [0.2, 0.25) is 0 Å². The van der Waals surface area contributed by atoms with Crippen LogP contribution in [0.4, 0.5) is 11.4 Å². The first-order valence-corrected chi connectivity index (χ1v) is 9.83. The number of hydrogen-bond acceptors (Lipinski definition) is 3. The van der Waals surface area contributed by atoms with Crippen molar-refractivity contribution in [2.24, 2.45) is 4.99 Å². The Morgan fingerprint density at radius 2 is 1.81 bits per heavy atom. The highest BCUT2D eigenvalue weighted by Gasteiger charge is 2.10. The van der Waals surface area contributed by atoms with Crippen LogP contribution in [0.5, 0.6) is 5.88 Å². The number of aromatic hydroxyl groups is 1. The highest BCUT2D eigenvalue weighted by molar-refractivity contribution is 6.04. The van der Waals surface area contributed by atoms with Gasteiger partial charge in [0.1, 0.15) is 0 Å². The van der Waals surface area contributed by atoms with Crippen molar-refractivity contribution in [1.82, 2.24) is 4.98 Å². The molecule has 0 saturated heterocycles. The maximum Gasteiger partial charge on any atom is 0.198 e. The molecule has 27 heavy (non-hydrogen) atoms. The van der Waals surface area contributed by atoms with Gasteiger partial charge in [-0.3, -0.25) is 4.99 Å². The maximum absolute atomic E-state index is 10.2. The van der Waals surface area contributed by atoms with E-state index in [1.807, 2.05) is 37.3 Å². The zero-order chi connectivity index (χ0) is 19.2. The Hall–Kier alpha value is -2.75. The van der Waals surface area contributed by atoms with Gasteiger partial charge in [-0.15, -0.1) is 0 Å². The van der Waals surface area contributed by atoms with Crippen molar-refractivity contribution in [2.45, 2.75) is 40.0 Å². The molecule has 0 aliphatic heterocycles. The topological polar surface area (TPSA) is 51.6 Å². The molecule has 142 valence electrons. The normalized spacial score (nSPS) is 11.5. The van der Waals surface area contributed by atoms with E-state index in [0.717, 1.165) is 47.2 Å². The molecule has 2 N–H and O–H groups in total. The number of unbranched alkanes of at least 4 members (excludes halogenated alkanes) is 1. The minimum atomic E-state index is 0.161. The molecule has 0 aliphatic carbocycles. The number of H-pyrrole nitrogens is 1. The fourth-order valence-corrected chi connectivity index (χ4v) is 3.45. The van der Waals surface area contributed by atoms with Crippen LogP contribution in [0.3, 0.4) is 0 Å². The van der Waals surface area contributed by atoms with Crippen molar-refractivity contribution >= 4 is 28.5 Å². The molecule has 0 unspecified atom stereocenters. The third kappa shape index (κ3) is 4.33. The molecular weight excluding hydrogens is 334 g/mol. The standard InChI is InChI=1S/C23H29N3O/c1-4-6-15-26(14-5-2)19-12-10-18(11-13-19)24-16-20-22-17(3)8-7-9-21(22)25-23(20)27/h7-13,16,25,27H,4-6,14-15H2,1-3H3. The molecule has 0 atom stereocenters. The second-order valence-electron chi connectivity index (χ2n) is 7.00. The molecule has 0 amide bonds. The van der Waals surface area contributed by atoms with Gasteiger partial charge in [0, 0.05) is 35.9 Å². The molecule has 4 nitrogen and oxygen atoms in total. The summed E-state index contributed by atoms with van der Waals surface area (Å²) in [6, 6.07) is 14.3. The van der Waals surface area contributed by atoms with E-state index >= 15 is 0 Å². The molecule has 0 bridgehead atoms. The van der Waals surface area contributed by atoms with Crippen LogP contribution in [0.2, 0.25) is 0 Å². The van der Waals surface area contributed by atoms with E-state index in [2.05, 4.69) is 40.9 Å². The molecule has 0 spiro atoms. The van der Waals surface area contributed by atoms with Crippen molar-refractivity contribution < 1.29 is 5.11 Å². The van der Waals surface area contributed by atoms with Crippen LogP contribution in [0.15, 0.2) is 47.5 Å². The average molecular weight is 364 g/mol. The van der Waals surface area contributed by atoms with Gasteiger partial charge in [-0.25, -0.2) is 0 Å². The Kier molecular flexibility index (Phi) is 6.17. The minimum absolute atomic E-state index is 0.161. The second kappa shape index (κ2) is 8.76. The molecule has 3 aromatic rings. The predicted octanol–water partition coefficient (Wildman–Crippen LogP) is 5.95. The Morgan fingerprint density at radius 1 is 1.04 bits per heavy atom. The summed E-state index contributed by atoms with van der Waals surface area (Å²) in [5, 5.41) is 11.3. The fourth-order valence-electron chi connectivity index (χ4n) is 3.45. The lowest BCUT2D eigenvalue weighted by Crippen LogP contribution is -2.24. The third-order valence-corrected chi connectivity index (χ3v) is 4.88. The average Bonchev–Trinajstić information content (AvgIpc) is 3.00. The largest absolute Gasteiger partial charge is 0.494 e. The molecule has 3 rings (SSSR count). The van der Waals surface area contributed by atoms with Crippen LogP contribution >= 0.6 is 0 Å². The van der Waals surface area contributed by atoms with Crippen molar-refractivity contribution in [1.29, 1.82) is 0 Å². The summed E-state index contributed by atoms with van der Waals surface area (Å²) in [6.45, 7) is 8.65. The lowest BCUT2D eigenvalue weighted by molar-refractivity contribution is 0.457. The molecule has 0 radical (unpaired) electrons. The van der Waals surface area contributed by atoms with Gasteiger partial charge >= 0.3 is 0 Å². The van der Waals surface area contributed by atoms with Crippen molar-refractivity contribution in [3.05, 3.63) is 53.6 Å². The predicted molar refractivity (Wildman–Crippen MR) is 116 cm³/mol. The Labute approximate surface area is 161 Å². The number of nitrogens with zero attached hydrogens (tertiary/aromatic N) is 2. The monoisotopic (exact) mass is 363 g/mol. The van der Waals surface area contributed by atoms with E-state index in [4.69, 9.17) is 0 Å². The smallest absolute Gasteiger partial charge is 0.198 e. The first kappa shape index (κ1) is 19.0. The minimum Gasteiger partial charge on any atom is -0.494 e. The van der Waals surface area contributed by atoms with E-state index in [0.29, 0.717) is 0 Å². The van der Waals surface area contributed by atoms with Crippen LogP contribution in [0.25, 0.3) is 10.9 Å². The summed E-state index contributed by atoms with van der Waals surface area (Å²) in [5.74, 6) is 0.161. The van der Waals surface area contributed by atoms with Gasteiger partial charge in [0.15, 0.2) is 5.88 Å². The number of aromatic amines is 1. The summed E-state index contributed by atoms with van der Waals surface area (Å²) in [7, 11) is 0. The van der Waals surface area contributed by atoms with Gasteiger partial charge in [-0.2, -0.15) is 0 Å². The number of fused-ring (bicyclic) bond motifs is 1. The highest BCUT2D eigenvalue weighted by Crippen LogP contribution is 2.29. The number of aromatic nitrogens is 1. The molecule has 0 aliphatic rings. The van der Waals surface area contributed by atoms with Crippen LogP contribution in [0, 0.1) is 6.92 Å². The zero-order valence-electron chi connectivity index (χ0n) is 16.5. The summed E-state index contributed by atoms with van der Waals surface area (Å²) < 4.78 is 0. The van der Waals surface area contributed by atoms with Gasteiger partial charge < -0.3 is 15.0 Å². The molecule has 0 fully saturated rings. The fraction of sp³-hybridized carbons (Fsp3) is 0.348. The summed E-state index contributed by atoms with van der Waals surface area (Å²) in [4.78, 5) is 10.0. The number of hydrogen-bond donors (Lipinski definition) is 2. The third-order valence-electron chi connectivity index (χ3n) is 4.88. The quantitative estimate of drug-likeness (QED) is 0.486. The number of benzene rings is 2. The van der Waals surface area contributed by atoms with Gasteiger partial charge in [-0.05, 0) is 55.7 Å². The summed E-state index contributed by atoms with van der Waals surface area (Å²) in [6.07, 6.45) is 5.30. The van der Waals surface area contributed by atoms with E-state index in [9.17, 15) is 5.11 Å². The van der Waals surface area contributed by atoms with Crippen LogP contribution < -0.4 is 4.90 Å². The van der Waals surface area contributed by atoms with Gasteiger partial charge in [-0.1, -0.05) is 32.4 Å². The number of rotatable bonds is 8. The number of nitrogens with one attached hydrogen (secondary N) is 1. The Balaban J connectivity index is 1.81. The zero-order valence-corrected chi connectivity index (χ0v) is 16.5. The summed E-state index contributed by atoms with van der Waals surface area (Å²) >= 11 is 0. The molecule has 4 heteroatoms.